The Morgan fingerprint density at radius 2 is 0.604 bits per heavy atom. The van der Waals surface area contributed by atoms with Gasteiger partial charge in [-0.1, -0.05) is 0 Å². The molecule has 0 radical (unpaired) electrons. The van der Waals surface area contributed by atoms with Crippen LogP contribution in [-0.4, -0.2) is 95.6 Å². The van der Waals surface area contributed by atoms with Gasteiger partial charge in [0.25, 0.3) is 0 Å². The molecule has 0 rings (SSSR count). The monoisotopic (exact) mass is 679 g/mol. The molecule has 0 saturated carbocycles. The van der Waals surface area contributed by atoms with E-state index in [1.54, 1.807) is 7.05 Å². The molecule has 0 aromatic rings. The van der Waals surface area contributed by atoms with E-state index in [1.165, 1.54) is 41.5 Å². The number of hydrogen-bond acceptors (Lipinski definition) is 11. The van der Waals surface area contributed by atoms with Crippen LogP contribution in [0.1, 0.15) is 112 Å². The molecule has 0 aliphatic heterocycles. The first kappa shape index (κ1) is 43.9. The van der Waals surface area contributed by atoms with Gasteiger partial charge in [-0.15, -0.1) is 0 Å². The summed E-state index contributed by atoms with van der Waals surface area (Å²) in [4.78, 5) is 122. The van der Waals surface area contributed by atoms with Crippen molar-refractivity contribution in [3.63, 3.8) is 0 Å². The van der Waals surface area contributed by atoms with Crippen molar-refractivity contribution < 1.29 is 47.9 Å². The first-order valence-corrected chi connectivity index (χ1v) is 16.1. The number of carbonyl (C=O) groups excluding carboxylic acids is 10. The Morgan fingerprint density at radius 1 is 0.354 bits per heavy atom. The van der Waals surface area contributed by atoms with Crippen molar-refractivity contribution in [2.75, 3.05) is 7.05 Å². The molecule has 0 saturated heterocycles. The first-order chi connectivity index (χ1) is 22.3. The maximum atomic E-state index is 13.2. The SMILES string of the molecule is CNC(CC(C)=O)CC(=O)NC(CC(=O)NC(CCC(=O)NC(CC(C)=O)CC(C)=O)CC(C)=O)CC(=O)NC(CC(C)=O)CC(C)=O. The van der Waals surface area contributed by atoms with E-state index >= 15 is 0 Å². The van der Waals surface area contributed by atoms with Gasteiger partial charge < -0.3 is 26.6 Å². The van der Waals surface area contributed by atoms with Gasteiger partial charge in [-0.2, -0.15) is 0 Å². The van der Waals surface area contributed by atoms with Crippen molar-refractivity contribution in [2.45, 2.75) is 142 Å². The van der Waals surface area contributed by atoms with Gasteiger partial charge in [0.05, 0.1) is 0 Å². The number of Topliss-reactive ketones (excluding diaryl/α,β-unsaturated/α-hetero) is 6. The molecule has 0 spiro atoms. The van der Waals surface area contributed by atoms with E-state index in [2.05, 4.69) is 26.6 Å². The van der Waals surface area contributed by atoms with Gasteiger partial charge in [-0.3, -0.25) is 47.9 Å². The zero-order valence-electron chi connectivity index (χ0n) is 29.2. The Kier molecular flexibility index (Phi) is 21.2. The lowest BCUT2D eigenvalue weighted by atomic mass is 10.0. The summed E-state index contributed by atoms with van der Waals surface area (Å²) in [5.74, 6) is -3.53. The number of nitrogens with one attached hydrogen (secondary N) is 5. The molecule has 0 aliphatic carbocycles. The number of rotatable bonds is 26. The Labute approximate surface area is 282 Å². The summed E-state index contributed by atoms with van der Waals surface area (Å²) in [6, 6.07) is -3.74. The van der Waals surface area contributed by atoms with E-state index in [-0.39, 0.29) is 105 Å². The van der Waals surface area contributed by atoms with Gasteiger partial charge in [-0.25, -0.2) is 0 Å². The van der Waals surface area contributed by atoms with Crippen LogP contribution in [0.2, 0.25) is 0 Å². The summed E-state index contributed by atoms with van der Waals surface area (Å²) < 4.78 is 0. The molecule has 4 amide bonds. The van der Waals surface area contributed by atoms with Crippen molar-refractivity contribution in [1.29, 1.82) is 0 Å². The van der Waals surface area contributed by atoms with Crippen LogP contribution >= 0.6 is 0 Å². The van der Waals surface area contributed by atoms with E-state index in [0.717, 1.165) is 0 Å². The molecule has 15 heteroatoms. The van der Waals surface area contributed by atoms with E-state index in [9.17, 15) is 47.9 Å². The van der Waals surface area contributed by atoms with Crippen molar-refractivity contribution in [1.82, 2.24) is 26.6 Å². The number of hydrogen-bond donors (Lipinski definition) is 5. The molecule has 15 nitrogen and oxygen atoms in total. The van der Waals surface area contributed by atoms with Gasteiger partial charge >= 0.3 is 0 Å². The molecule has 270 valence electrons. The summed E-state index contributed by atoms with van der Waals surface area (Å²) in [6.45, 7) is 8.04. The van der Waals surface area contributed by atoms with Crippen molar-refractivity contribution in [2.24, 2.45) is 0 Å². The molecule has 0 aromatic heterocycles. The maximum Gasteiger partial charge on any atom is 0.222 e. The minimum atomic E-state index is -1.04. The van der Waals surface area contributed by atoms with Crippen LogP contribution in [0.4, 0.5) is 0 Å². The lowest BCUT2D eigenvalue weighted by Crippen LogP contribution is -2.47. The van der Waals surface area contributed by atoms with Crippen LogP contribution in [-0.2, 0) is 47.9 Å². The van der Waals surface area contributed by atoms with Gasteiger partial charge in [0.15, 0.2) is 0 Å². The Bertz CT molecular complexity index is 1170. The summed E-state index contributed by atoms with van der Waals surface area (Å²) in [7, 11) is 1.59. The highest BCUT2D eigenvalue weighted by Gasteiger charge is 2.26. The maximum absolute atomic E-state index is 13.2. The summed E-state index contributed by atoms with van der Waals surface area (Å²) in [5.41, 5.74) is 0. The molecule has 0 aromatic carbocycles. The topological polar surface area (TPSA) is 231 Å². The highest BCUT2D eigenvalue weighted by Crippen LogP contribution is 2.10. The standard InChI is InChI=1S/C33H53N5O10/c1-19(39)10-25(8-9-30(45)36-27(12-21(3)41)13-22(4)42)35-32(47)17-29(38-31(46)16-26(34-7)11-20(2)40)18-33(48)37-28(14-23(5)43)15-24(6)44/h25-29,34H,8-18H2,1-7H3,(H,35,47)(H,36,45)(H,37,48)(H,38,46). The smallest absolute Gasteiger partial charge is 0.222 e. The molecule has 0 aliphatic rings. The van der Waals surface area contributed by atoms with Crippen molar-refractivity contribution in [3.05, 3.63) is 0 Å². The third-order valence-electron chi connectivity index (χ3n) is 7.09. The fourth-order valence-corrected chi connectivity index (χ4v) is 5.24. The van der Waals surface area contributed by atoms with E-state index in [1.807, 2.05) is 0 Å². The lowest BCUT2D eigenvalue weighted by Gasteiger charge is -2.24. The minimum Gasteiger partial charge on any atom is -0.353 e. The molecular formula is C33H53N5O10. The van der Waals surface area contributed by atoms with Crippen LogP contribution in [0.15, 0.2) is 0 Å². The van der Waals surface area contributed by atoms with Gasteiger partial charge in [0.1, 0.15) is 34.7 Å². The zero-order chi connectivity index (χ0) is 37.0. The Balaban J connectivity index is 5.76. The van der Waals surface area contributed by atoms with Crippen molar-refractivity contribution in [3.8, 4) is 0 Å². The Hall–Kier alpha value is -4.14. The predicted octanol–water partition coefficient (Wildman–Crippen LogP) is 0.339. The lowest BCUT2D eigenvalue weighted by molar-refractivity contribution is -0.128. The number of ketones is 6. The van der Waals surface area contributed by atoms with Crippen LogP contribution in [0.3, 0.4) is 0 Å². The highest BCUT2D eigenvalue weighted by molar-refractivity contribution is 5.86. The predicted molar refractivity (Wildman–Crippen MR) is 175 cm³/mol. The summed E-state index contributed by atoms with van der Waals surface area (Å²) in [6.07, 6.45) is -1.19. The fourth-order valence-electron chi connectivity index (χ4n) is 5.24. The molecule has 3 unspecified atom stereocenters. The molecule has 0 fully saturated rings. The quantitative estimate of drug-likeness (QED) is 0.0837. The largest absolute Gasteiger partial charge is 0.353 e. The fraction of sp³-hybridized carbons (Fsp3) is 0.697. The second kappa shape index (κ2) is 23.2. The molecule has 0 bridgehead atoms. The third-order valence-corrected chi connectivity index (χ3v) is 7.09. The molecule has 5 N–H and O–H groups in total. The highest BCUT2D eigenvalue weighted by atomic mass is 16.2. The van der Waals surface area contributed by atoms with Crippen LogP contribution in [0, 0.1) is 0 Å². The summed E-state index contributed by atoms with van der Waals surface area (Å²) >= 11 is 0. The molecular weight excluding hydrogens is 626 g/mol. The number of carbonyl (C=O) groups is 10. The normalized spacial score (nSPS) is 12.8. The van der Waals surface area contributed by atoms with E-state index in [0.29, 0.717) is 0 Å². The summed E-state index contributed by atoms with van der Waals surface area (Å²) in [5, 5.41) is 13.5. The van der Waals surface area contributed by atoms with Crippen LogP contribution in [0.5, 0.6) is 0 Å². The average Bonchev–Trinajstić information content (AvgIpc) is 2.88. The van der Waals surface area contributed by atoms with Crippen LogP contribution < -0.4 is 26.6 Å². The second-order valence-electron chi connectivity index (χ2n) is 12.6. The number of amides is 4. The van der Waals surface area contributed by atoms with Crippen LogP contribution in [0.25, 0.3) is 0 Å². The molecule has 48 heavy (non-hydrogen) atoms. The third kappa shape index (κ3) is 23.2. The molecule has 3 atom stereocenters. The zero-order valence-corrected chi connectivity index (χ0v) is 29.2. The van der Waals surface area contributed by atoms with Gasteiger partial charge in [0, 0.05) is 94.4 Å². The van der Waals surface area contributed by atoms with Gasteiger partial charge in [0.2, 0.25) is 23.6 Å². The van der Waals surface area contributed by atoms with Gasteiger partial charge in [-0.05, 0) is 55.0 Å². The first-order valence-electron chi connectivity index (χ1n) is 16.1. The van der Waals surface area contributed by atoms with Crippen molar-refractivity contribution >= 4 is 58.3 Å². The minimum absolute atomic E-state index is 0.0202. The van der Waals surface area contributed by atoms with E-state index < -0.39 is 53.8 Å². The Morgan fingerprint density at radius 3 is 0.938 bits per heavy atom. The average molecular weight is 680 g/mol. The second-order valence-corrected chi connectivity index (χ2v) is 12.6. The molecule has 0 heterocycles. The van der Waals surface area contributed by atoms with E-state index in [4.69, 9.17) is 0 Å².